The molecule has 0 spiro atoms. The van der Waals surface area contributed by atoms with Crippen LogP contribution in [-0.2, 0) is 0 Å². The fourth-order valence-electron chi connectivity index (χ4n) is 0.898. The molecule has 0 unspecified atom stereocenters. The zero-order valence-corrected chi connectivity index (χ0v) is 9.62. The first kappa shape index (κ1) is 17.1. The van der Waals surface area contributed by atoms with Crippen LogP contribution in [0.2, 0.25) is 0 Å². The van der Waals surface area contributed by atoms with E-state index < -0.39 is 7.25 Å². The van der Waals surface area contributed by atoms with E-state index in [2.05, 4.69) is 19.2 Å². The number of halogens is 4. The highest BCUT2D eigenvalue weighted by Crippen LogP contribution is 2.06. The molecule has 0 saturated carbocycles. The van der Waals surface area contributed by atoms with E-state index in [1.165, 1.54) is 45.2 Å². The predicted molar refractivity (Wildman–Crippen MR) is 56.3 cm³/mol. The number of nitrogens with two attached hydrogens (primary N) is 1. The normalized spacial score (nSPS) is 15.6. The lowest BCUT2D eigenvalue weighted by atomic mass is 10.2. The maximum atomic E-state index is 9.75. The number of unbranched alkanes of at least 4 members (excludes halogenated alkanes) is 1. The van der Waals surface area contributed by atoms with Gasteiger partial charge in [0.2, 0.25) is 0 Å². The quantitative estimate of drug-likeness (QED) is 0.527. The largest absolute Gasteiger partial charge is 0.673 e. The number of hydrogen-bond donors (Lipinski definition) is 1. The Balaban J connectivity index is 0. The third kappa shape index (κ3) is 41.7. The predicted octanol–water partition coefficient (Wildman–Crippen LogP) is 2.84. The zero-order chi connectivity index (χ0) is 12.2. The van der Waals surface area contributed by atoms with Crippen molar-refractivity contribution in [3.63, 3.8) is 0 Å². The van der Waals surface area contributed by atoms with E-state index in [-0.39, 0.29) is 0 Å². The van der Waals surface area contributed by atoms with Crippen molar-refractivity contribution in [3.05, 3.63) is 0 Å². The molecular formula is C9H22BF4N. The van der Waals surface area contributed by atoms with Crippen LogP contribution in [0, 0.1) is 0 Å². The monoisotopic (exact) mass is 231 g/mol. The third-order valence-electron chi connectivity index (χ3n) is 1.82. The van der Waals surface area contributed by atoms with Crippen LogP contribution in [0.3, 0.4) is 0 Å². The van der Waals surface area contributed by atoms with Crippen molar-refractivity contribution in [2.24, 2.45) is 0 Å². The Morgan fingerprint density at radius 1 is 0.867 bits per heavy atom. The van der Waals surface area contributed by atoms with Gasteiger partial charge in [-0.05, 0) is 19.3 Å². The van der Waals surface area contributed by atoms with Crippen LogP contribution in [0.25, 0.3) is 0 Å². The minimum Gasteiger partial charge on any atom is -0.418 e. The van der Waals surface area contributed by atoms with E-state index in [4.69, 9.17) is 0 Å². The number of rotatable bonds is 1. The Hall–Kier alpha value is -0.255. The van der Waals surface area contributed by atoms with E-state index >= 15 is 0 Å². The van der Waals surface area contributed by atoms with Gasteiger partial charge in [-0.3, -0.25) is 0 Å². The van der Waals surface area contributed by atoms with Crippen LogP contribution in [0.15, 0.2) is 0 Å². The summed E-state index contributed by atoms with van der Waals surface area (Å²) in [4.78, 5) is 0. The van der Waals surface area contributed by atoms with Gasteiger partial charge in [-0.2, -0.15) is 0 Å². The molecule has 1 rings (SSSR count). The van der Waals surface area contributed by atoms with E-state index in [1.807, 2.05) is 0 Å². The number of quaternary nitrogens is 1. The van der Waals surface area contributed by atoms with Crippen LogP contribution in [0.5, 0.6) is 0 Å². The maximum absolute atomic E-state index is 9.75. The fraction of sp³-hybridized carbons (Fsp3) is 1.00. The van der Waals surface area contributed by atoms with Crippen molar-refractivity contribution >= 4 is 7.25 Å². The van der Waals surface area contributed by atoms with Gasteiger partial charge in [0, 0.05) is 0 Å². The highest BCUT2D eigenvalue weighted by molar-refractivity contribution is 6.50. The van der Waals surface area contributed by atoms with Gasteiger partial charge >= 0.3 is 7.25 Å². The molecule has 0 atom stereocenters. The molecule has 1 nitrogen and oxygen atoms in total. The molecule has 0 aromatic rings. The van der Waals surface area contributed by atoms with Crippen molar-refractivity contribution in [3.8, 4) is 0 Å². The summed E-state index contributed by atoms with van der Waals surface area (Å²) < 4.78 is 39.0. The highest BCUT2D eigenvalue weighted by Gasteiger charge is 2.20. The minimum atomic E-state index is -6.00. The third-order valence-corrected chi connectivity index (χ3v) is 1.82. The van der Waals surface area contributed by atoms with Gasteiger partial charge in [-0.25, -0.2) is 0 Å². The molecule has 15 heavy (non-hydrogen) atoms. The van der Waals surface area contributed by atoms with Gasteiger partial charge in [0.25, 0.3) is 0 Å². The molecular weight excluding hydrogens is 209 g/mol. The molecule has 1 heterocycles. The second-order valence-electron chi connectivity index (χ2n) is 3.42. The van der Waals surface area contributed by atoms with Crippen molar-refractivity contribution < 1.29 is 22.6 Å². The van der Waals surface area contributed by atoms with Crippen LogP contribution < -0.4 is 5.32 Å². The topological polar surface area (TPSA) is 16.6 Å². The molecule has 0 amide bonds. The summed E-state index contributed by atoms with van der Waals surface area (Å²) in [7, 11) is -6.00. The lowest BCUT2D eigenvalue weighted by Gasteiger charge is -2.05. The van der Waals surface area contributed by atoms with Crippen LogP contribution >= 0.6 is 0 Å². The summed E-state index contributed by atoms with van der Waals surface area (Å²) in [5, 5.41) is 2.39. The highest BCUT2D eigenvalue weighted by atomic mass is 19.5. The van der Waals surface area contributed by atoms with Gasteiger partial charge < -0.3 is 22.6 Å². The molecule has 0 aliphatic carbocycles. The summed E-state index contributed by atoms with van der Waals surface area (Å²) in [6.07, 6.45) is 7.00. The molecule has 0 bridgehead atoms. The summed E-state index contributed by atoms with van der Waals surface area (Å²) in [6.45, 7) is 7.11. The van der Waals surface area contributed by atoms with E-state index in [9.17, 15) is 17.3 Å². The Morgan fingerprint density at radius 3 is 1.27 bits per heavy atom. The second kappa shape index (κ2) is 11.8. The van der Waals surface area contributed by atoms with Crippen molar-refractivity contribution in [1.29, 1.82) is 0 Å². The van der Waals surface area contributed by atoms with Crippen molar-refractivity contribution in [2.45, 2.75) is 46.0 Å². The second-order valence-corrected chi connectivity index (χ2v) is 3.42. The van der Waals surface area contributed by atoms with Gasteiger partial charge in [0.05, 0.1) is 13.1 Å². The standard InChI is InChI=1S/C5H11N.C4H10.BF4/c1-2-4-6-5-3-1;1-3-4-2;2-1(3,4)5/h6H,1-5H2;3-4H2,1-2H3;/q;;-1/p+1. The Morgan fingerprint density at radius 2 is 1.20 bits per heavy atom. The van der Waals surface area contributed by atoms with Crippen LogP contribution in [0.1, 0.15) is 46.0 Å². The summed E-state index contributed by atoms with van der Waals surface area (Å²) >= 11 is 0. The Bertz CT molecular complexity index is 95.7. The minimum absolute atomic E-state index is 1.32. The van der Waals surface area contributed by atoms with Gasteiger partial charge in [-0.15, -0.1) is 0 Å². The first-order valence-electron chi connectivity index (χ1n) is 5.60. The molecule has 0 radical (unpaired) electrons. The molecule has 94 valence electrons. The van der Waals surface area contributed by atoms with E-state index in [0.717, 1.165) is 0 Å². The maximum Gasteiger partial charge on any atom is 0.673 e. The molecule has 0 aromatic heterocycles. The molecule has 0 aromatic carbocycles. The van der Waals surface area contributed by atoms with Crippen LogP contribution in [0.4, 0.5) is 17.3 Å². The summed E-state index contributed by atoms with van der Waals surface area (Å²) in [6, 6.07) is 0. The first-order valence-corrected chi connectivity index (χ1v) is 5.60. The number of piperidine rings is 1. The average molecular weight is 231 g/mol. The molecule has 6 heteroatoms. The van der Waals surface area contributed by atoms with Crippen molar-refractivity contribution in [2.75, 3.05) is 13.1 Å². The lowest BCUT2D eigenvalue weighted by molar-refractivity contribution is -0.662. The molecule has 1 saturated heterocycles. The molecule has 1 fully saturated rings. The average Bonchev–Trinajstić information content (AvgIpc) is 2.18. The Labute approximate surface area is 89.7 Å². The van der Waals surface area contributed by atoms with Gasteiger partial charge in [0.1, 0.15) is 0 Å². The summed E-state index contributed by atoms with van der Waals surface area (Å²) in [5.41, 5.74) is 0. The van der Waals surface area contributed by atoms with Crippen molar-refractivity contribution in [1.82, 2.24) is 0 Å². The van der Waals surface area contributed by atoms with Gasteiger partial charge in [0.15, 0.2) is 0 Å². The number of hydrogen-bond acceptors (Lipinski definition) is 0. The smallest absolute Gasteiger partial charge is 0.418 e. The fourth-order valence-corrected chi connectivity index (χ4v) is 0.898. The van der Waals surface area contributed by atoms with Gasteiger partial charge in [-0.1, -0.05) is 26.7 Å². The first-order chi connectivity index (χ1) is 6.91. The van der Waals surface area contributed by atoms with Crippen LogP contribution in [-0.4, -0.2) is 20.3 Å². The molecule has 1 aliphatic heterocycles. The molecule has 2 N–H and O–H groups in total. The summed E-state index contributed by atoms with van der Waals surface area (Å²) in [5.74, 6) is 0. The molecule has 1 aliphatic rings. The lowest BCUT2D eigenvalue weighted by Crippen LogP contribution is -2.85. The van der Waals surface area contributed by atoms with E-state index in [0.29, 0.717) is 0 Å². The Kier molecular flexibility index (Phi) is 13.5. The SMILES string of the molecule is C1CC[NH2+]CC1.CCCC.F[B-](F)(F)F. The van der Waals surface area contributed by atoms with E-state index in [1.54, 1.807) is 0 Å². The zero-order valence-electron chi connectivity index (χ0n) is 9.62.